The van der Waals surface area contributed by atoms with Gasteiger partial charge in [0.1, 0.15) is 6.61 Å². The molecule has 0 saturated heterocycles. The Morgan fingerprint density at radius 1 is 0.311 bits per heavy atom. The van der Waals surface area contributed by atoms with E-state index in [1.807, 2.05) is 0 Å². The molecule has 0 spiro atoms. The minimum atomic E-state index is -0.792. The van der Waals surface area contributed by atoms with Crippen LogP contribution in [0.5, 0.6) is 0 Å². The van der Waals surface area contributed by atoms with E-state index in [1.54, 1.807) is 0 Å². The van der Waals surface area contributed by atoms with E-state index in [4.69, 9.17) is 9.47 Å². The van der Waals surface area contributed by atoms with Crippen molar-refractivity contribution in [2.75, 3.05) is 13.2 Å². The van der Waals surface area contributed by atoms with E-state index >= 15 is 0 Å². The van der Waals surface area contributed by atoms with Crippen LogP contribution in [0.15, 0.2) is 158 Å². The molecule has 0 saturated carbocycles. The third kappa shape index (κ3) is 60.1. The molecular weight excluding hydrogens is 909 g/mol. The van der Waals surface area contributed by atoms with E-state index in [9.17, 15) is 14.7 Å². The van der Waals surface area contributed by atoms with Crippen molar-refractivity contribution >= 4 is 11.9 Å². The molecule has 0 rings (SSSR count). The van der Waals surface area contributed by atoms with Gasteiger partial charge >= 0.3 is 11.9 Å². The predicted octanol–water partition coefficient (Wildman–Crippen LogP) is 20.7. The largest absolute Gasteiger partial charge is 0.462 e. The van der Waals surface area contributed by atoms with Gasteiger partial charge in [0.2, 0.25) is 0 Å². The van der Waals surface area contributed by atoms with Gasteiger partial charge in [-0.25, -0.2) is 0 Å². The topological polar surface area (TPSA) is 72.8 Å². The molecule has 5 nitrogen and oxygen atoms in total. The Morgan fingerprint density at radius 3 is 0.811 bits per heavy atom. The summed E-state index contributed by atoms with van der Waals surface area (Å²) in [7, 11) is 0. The van der Waals surface area contributed by atoms with E-state index in [-0.39, 0.29) is 25.2 Å². The molecule has 0 aromatic carbocycles. The zero-order valence-corrected chi connectivity index (χ0v) is 47.5. The van der Waals surface area contributed by atoms with Crippen LogP contribution >= 0.6 is 0 Å². The maximum absolute atomic E-state index is 12.3. The molecule has 1 N–H and O–H groups in total. The third-order valence-electron chi connectivity index (χ3n) is 12.3. The van der Waals surface area contributed by atoms with Gasteiger partial charge in [0, 0.05) is 12.8 Å². The van der Waals surface area contributed by atoms with Gasteiger partial charge in [-0.1, -0.05) is 268 Å². The average Bonchev–Trinajstić information content (AvgIpc) is 3.40. The second-order valence-electron chi connectivity index (χ2n) is 19.3. The van der Waals surface area contributed by atoms with Crippen LogP contribution in [0.3, 0.4) is 0 Å². The standard InChI is InChI=1S/C69H110O5/c1-3-5-7-9-11-13-15-17-19-21-23-25-27-29-30-31-32-33-34-35-36-37-38-40-42-44-46-48-50-52-54-56-58-60-62-64-69(72)74-67(65-70)66-73-68(71)63-61-59-57-55-53-51-49-47-45-43-41-39-28-26-24-22-20-18-16-14-12-10-8-6-4-2/h5-8,11-14,17-20,23-26,29-30,32-33,35-36,39,41,45,47,67,70H,3-4,9-10,15-16,21-22,27-28,31,34,37-38,40,42-44,46,48-66H2,1-2H3/b7-5-,8-6-,13-11-,14-12-,19-17-,20-18-,25-23-,26-24-,30-29-,33-32-,36-35-,41-39-,47-45-. The van der Waals surface area contributed by atoms with Gasteiger partial charge < -0.3 is 14.6 Å². The summed E-state index contributed by atoms with van der Waals surface area (Å²) >= 11 is 0. The predicted molar refractivity (Wildman–Crippen MR) is 324 cm³/mol. The number of carbonyl (C=O) groups is 2. The second kappa shape index (κ2) is 62.8. The molecule has 1 atom stereocenters. The second-order valence-corrected chi connectivity index (χ2v) is 19.3. The van der Waals surface area contributed by atoms with Crippen molar-refractivity contribution in [3.63, 3.8) is 0 Å². The smallest absolute Gasteiger partial charge is 0.306 e. The van der Waals surface area contributed by atoms with Gasteiger partial charge in [-0.3, -0.25) is 9.59 Å². The number of aliphatic hydroxyl groups excluding tert-OH is 1. The summed E-state index contributed by atoms with van der Waals surface area (Å²) in [6, 6.07) is 0. The van der Waals surface area contributed by atoms with Crippen molar-refractivity contribution in [1.29, 1.82) is 0 Å². The van der Waals surface area contributed by atoms with E-state index in [0.717, 1.165) is 128 Å². The van der Waals surface area contributed by atoms with Crippen LogP contribution in [-0.2, 0) is 19.1 Å². The summed E-state index contributed by atoms with van der Waals surface area (Å²) in [4.78, 5) is 24.6. The van der Waals surface area contributed by atoms with Crippen molar-refractivity contribution in [3.8, 4) is 0 Å². The van der Waals surface area contributed by atoms with Gasteiger partial charge in [-0.2, -0.15) is 0 Å². The number of aliphatic hydroxyl groups is 1. The fourth-order valence-corrected chi connectivity index (χ4v) is 7.89. The molecule has 0 aromatic heterocycles. The van der Waals surface area contributed by atoms with Gasteiger partial charge in [0.25, 0.3) is 0 Å². The summed E-state index contributed by atoms with van der Waals surface area (Å²) in [6.45, 7) is 3.90. The maximum atomic E-state index is 12.3. The molecule has 0 bridgehead atoms. The Morgan fingerprint density at radius 2 is 0.541 bits per heavy atom. The Balaban J connectivity index is 3.57. The quantitative estimate of drug-likeness (QED) is 0.0373. The third-order valence-corrected chi connectivity index (χ3v) is 12.3. The molecule has 0 aromatic rings. The normalized spacial score (nSPS) is 13.4. The van der Waals surface area contributed by atoms with Crippen molar-refractivity contribution in [1.82, 2.24) is 0 Å². The van der Waals surface area contributed by atoms with Crippen LogP contribution < -0.4 is 0 Å². The fourth-order valence-electron chi connectivity index (χ4n) is 7.89. The van der Waals surface area contributed by atoms with Crippen LogP contribution in [-0.4, -0.2) is 36.4 Å². The maximum Gasteiger partial charge on any atom is 0.306 e. The fraction of sp³-hybridized carbons (Fsp3) is 0.594. The van der Waals surface area contributed by atoms with Crippen LogP contribution in [0.4, 0.5) is 0 Å². The van der Waals surface area contributed by atoms with Crippen molar-refractivity contribution in [2.24, 2.45) is 0 Å². The Labute approximate surface area is 456 Å². The van der Waals surface area contributed by atoms with E-state index in [1.165, 1.54) is 89.9 Å². The number of esters is 2. The van der Waals surface area contributed by atoms with Gasteiger partial charge in [-0.05, 0) is 122 Å². The zero-order valence-electron chi connectivity index (χ0n) is 47.5. The highest BCUT2D eigenvalue weighted by atomic mass is 16.6. The lowest BCUT2D eigenvalue weighted by atomic mass is 10.0. The Kier molecular flexibility index (Phi) is 59.0. The Bertz CT molecular complexity index is 1620. The molecule has 0 aliphatic carbocycles. The first-order valence-corrected chi connectivity index (χ1v) is 30.0. The van der Waals surface area contributed by atoms with Crippen molar-refractivity contribution in [2.45, 2.75) is 251 Å². The minimum Gasteiger partial charge on any atom is -0.462 e. The van der Waals surface area contributed by atoms with Crippen LogP contribution in [0, 0.1) is 0 Å². The number of rotatable bonds is 53. The van der Waals surface area contributed by atoms with Crippen LogP contribution in [0.1, 0.15) is 245 Å². The highest BCUT2D eigenvalue weighted by molar-refractivity contribution is 5.70. The molecular formula is C69H110O5. The van der Waals surface area contributed by atoms with E-state index in [0.29, 0.717) is 12.8 Å². The lowest BCUT2D eigenvalue weighted by Gasteiger charge is -2.15. The molecule has 74 heavy (non-hydrogen) atoms. The summed E-state index contributed by atoms with van der Waals surface area (Å²) in [5.41, 5.74) is 0. The van der Waals surface area contributed by atoms with Crippen molar-refractivity contribution in [3.05, 3.63) is 158 Å². The highest BCUT2D eigenvalue weighted by Crippen LogP contribution is 2.15. The zero-order chi connectivity index (χ0) is 53.4. The molecule has 0 radical (unpaired) electrons. The highest BCUT2D eigenvalue weighted by Gasteiger charge is 2.16. The number of allylic oxidation sites excluding steroid dienone is 26. The summed E-state index contributed by atoms with van der Waals surface area (Å²) in [5, 5.41) is 9.67. The van der Waals surface area contributed by atoms with E-state index in [2.05, 4.69) is 172 Å². The summed E-state index contributed by atoms with van der Waals surface area (Å²) < 4.78 is 10.7. The number of unbranched alkanes of at least 4 members (excludes halogenated alkanes) is 19. The van der Waals surface area contributed by atoms with Gasteiger partial charge in [0.05, 0.1) is 6.61 Å². The number of carbonyl (C=O) groups excluding carboxylic acids is 2. The van der Waals surface area contributed by atoms with Gasteiger partial charge in [-0.15, -0.1) is 0 Å². The number of ether oxygens (including phenoxy) is 2. The average molecular weight is 1020 g/mol. The Hall–Kier alpha value is -4.48. The summed E-state index contributed by atoms with van der Waals surface area (Å²) in [5.74, 6) is -0.616. The van der Waals surface area contributed by atoms with Crippen LogP contribution in [0.2, 0.25) is 0 Å². The molecule has 1 unspecified atom stereocenters. The molecule has 5 heteroatoms. The minimum absolute atomic E-state index is 0.0832. The van der Waals surface area contributed by atoms with E-state index < -0.39 is 6.10 Å². The molecule has 0 fully saturated rings. The molecule has 0 aliphatic rings. The van der Waals surface area contributed by atoms with Crippen LogP contribution in [0.25, 0.3) is 0 Å². The lowest BCUT2D eigenvalue weighted by Crippen LogP contribution is -2.28. The number of hydrogen-bond donors (Lipinski definition) is 1. The first-order chi connectivity index (χ1) is 36.6. The first kappa shape index (κ1) is 69.5. The van der Waals surface area contributed by atoms with Crippen molar-refractivity contribution < 1.29 is 24.2 Å². The first-order valence-electron chi connectivity index (χ1n) is 30.0. The molecule has 416 valence electrons. The summed E-state index contributed by atoms with van der Waals surface area (Å²) in [6.07, 6.45) is 96.4. The monoisotopic (exact) mass is 1020 g/mol. The molecule has 0 heterocycles. The van der Waals surface area contributed by atoms with Gasteiger partial charge in [0.15, 0.2) is 6.10 Å². The SMILES string of the molecule is CC/C=C\C/C=C\C/C=C\C/C=C\C/C=C\C/C=C\C/C=C\CCCCCCCCCCCCCCCC(=O)OC(CO)COC(=O)CCCCCCCC/C=C\C/C=C\C/C=C\C/C=C\C/C=C\C/C=C\CC. The molecule has 0 aliphatic heterocycles. The number of hydrogen-bond acceptors (Lipinski definition) is 5. The molecule has 0 amide bonds. The lowest BCUT2D eigenvalue weighted by molar-refractivity contribution is -0.161.